The number of imide groups is 1. The summed E-state index contributed by atoms with van der Waals surface area (Å²) < 4.78 is 6.99. The van der Waals surface area contributed by atoms with E-state index >= 15 is 0 Å². The van der Waals surface area contributed by atoms with Gasteiger partial charge >= 0.3 is 11.9 Å². The van der Waals surface area contributed by atoms with Gasteiger partial charge in [0.25, 0.3) is 0 Å². The van der Waals surface area contributed by atoms with Crippen LogP contribution in [0.25, 0.3) is 0 Å². The third-order valence-corrected chi connectivity index (χ3v) is 6.03. The number of urea groups is 1. The third-order valence-electron chi connectivity index (χ3n) is 4.56. The molecule has 148 valence electrons. The van der Waals surface area contributed by atoms with Crippen molar-refractivity contribution >= 4 is 31.3 Å². The standard InChI is InChI=1S/C17H30N3O5P/c1-5-7-18-9-11-10-20(17(24)19-15(11)23)16-14(22)13(21)12(25-16)6-8-26(2,3)4/h10-14,16,18,21-22H,2,5-9H2,1,3-4H3/p+1/t11?,12-,13-,14-,16-/m1/s1. The van der Waals surface area contributed by atoms with Crippen LogP contribution in [0.1, 0.15) is 19.8 Å². The largest absolute Gasteiger partial charge is 0.500 e. The highest BCUT2D eigenvalue weighted by molar-refractivity contribution is 7.72. The molecular formula is C17H31N3O5P+. The van der Waals surface area contributed by atoms with Gasteiger partial charge in [-0.2, -0.15) is 14.7 Å². The molecule has 0 spiro atoms. The van der Waals surface area contributed by atoms with Crippen LogP contribution in [-0.2, 0) is 9.53 Å². The number of rotatable bonds is 8. The Balaban J connectivity index is 2.11. The summed E-state index contributed by atoms with van der Waals surface area (Å²) in [7, 11) is 0. The Morgan fingerprint density at radius 1 is 1.35 bits per heavy atom. The van der Waals surface area contributed by atoms with Crippen LogP contribution in [0.2, 0.25) is 0 Å². The minimum absolute atomic E-state index is 0.386. The molecule has 2 aliphatic rings. The van der Waals surface area contributed by atoms with Crippen LogP contribution in [0.3, 0.4) is 0 Å². The summed E-state index contributed by atoms with van der Waals surface area (Å²) in [5.41, 5.74) is 0. The highest BCUT2D eigenvalue weighted by Gasteiger charge is 2.50. The van der Waals surface area contributed by atoms with Crippen molar-refractivity contribution in [1.29, 1.82) is 0 Å². The molecule has 1 saturated heterocycles. The van der Waals surface area contributed by atoms with Crippen LogP contribution >= 0.6 is 6.89 Å². The molecule has 0 bridgehead atoms. The van der Waals surface area contributed by atoms with Crippen molar-refractivity contribution in [3.63, 3.8) is 0 Å². The number of carbonyl (C=O) groups is 2. The van der Waals surface area contributed by atoms with Gasteiger partial charge in [0, 0.05) is 6.54 Å². The quantitative estimate of drug-likeness (QED) is 0.253. The summed E-state index contributed by atoms with van der Waals surface area (Å²) in [6, 6.07) is -0.649. The fraction of sp³-hybridized carbons (Fsp3) is 0.765. The van der Waals surface area contributed by atoms with Gasteiger partial charge in [-0.15, -0.1) is 13.2 Å². The average molecular weight is 388 g/mol. The molecule has 5 atom stereocenters. The van der Waals surface area contributed by atoms with E-state index in [4.69, 9.17) is 4.74 Å². The summed E-state index contributed by atoms with van der Waals surface area (Å²) >= 11 is 0. The highest BCUT2D eigenvalue weighted by Crippen LogP contribution is 2.38. The lowest BCUT2D eigenvalue weighted by Crippen LogP contribution is -2.55. The van der Waals surface area contributed by atoms with E-state index in [-0.39, 0.29) is 5.91 Å². The van der Waals surface area contributed by atoms with Crippen LogP contribution in [0, 0.1) is 5.92 Å². The van der Waals surface area contributed by atoms with Gasteiger partial charge in [0.1, 0.15) is 18.1 Å². The predicted molar refractivity (Wildman–Crippen MR) is 103 cm³/mol. The molecule has 2 rings (SSSR count). The van der Waals surface area contributed by atoms with Crippen molar-refractivity contribution in [3.05, 3.63) is 0 Å². The SMILES string of the molecule is C=P(C)(C)CC[C@H]1O[C@@H]([N+]2=CC(CNCCC)C(=O)NC2=O)[C@H](O)[C@@H]1O. The summed E-state index contributed by atoms with van der Waals surface area (Å²) in [4.78, 5) is 24.2. The fourth-order valence-electron chi connectivity index (χ4n) is 3.05. The molecule has 0 saturated carbocycles. The first-order valence-electron chi connectivity index (χ1n) is 9.02. The Bertz CT molecular complexity index is 618. The Morgan fingerprint density at radius 2 is 2.04 bits per heavy atom. The van der Waals surface area contributed by atoms with E-state index in [1.165, 1.54) is 10.8 Å². The molecule has 2 aliphatic heterocycles. The van der Waals surface area contributed by atoms with Gasteiger partial charge in [-0.3, -0.25) is 0 Å². The fourth-order valence-corrected chi connectivity index (χ4v) is 4.00. The first-order valence-corrected chi connectivity index (χ1v) is 12.1. The molecule has 1 unspecified atom stereocenters. The van der Waals surface area contributed by atoms with Crippen LogP contribution in [0.4, 0.5) is 4.79 Å². The zero-order valence-electron chi connectivity index (χ0n) is 15.7. The molecule has 0 aromatic heterocycles. The van der Waals surface area contributed by atoms with Gasteiger partial charge in [0.2, 0.25) is 6.23 Å². The molecule has 0 radical (unpaired) electrons. The normalized spacial score (nSPS) is 32.5. The van der Waals surface area contributed by atoms with Gasteiger partial charge in [0.15, 0.2) is 0 Å². The second kappa shape index (κ2) is 8.76. The van der Waals surface area contributed by atoms with Crippen LogP contribution in [0.5, 0.6) is 0 Å². The topological polar surface area (TPSA) is 111 Å². The number of aliphatic hydroxyl groups is 2. The van der Waals surface area contributed by atoms with Gasteiger partial charge < -0.3 is 20.3 Å². The number of amides is 3. The van der Waals surface area contributed by atoms with Gasteiger partial charge in [-0.1, -0.05) is 6.92 Å². The van der Waals surface area contributed by atoms with Crippen LogP contribution < -0.4 is 10.6 Å². The van der Waals surface area contributed by atoms with E-state index in [1.54, 1.807) is 0 Å². The molecule has 8 nitrogen and oxygen atoms in total. The number of nitrogens with one attached hydrogen (secondary N) is 2. The number of carbonyl (C=O) groups excluding carboxylic acids is 2. The first-order chi connectivity index (χ1) is 12.1. The monoisotopic (exact) mass is 388 g/mol. The van der Waals surface area contributed by atoms with E-state index in [2.05, 4.69) is 30.3 Å². The van der Waals surface area contributed by atoms with Crippen molar-refractivity contribution < 1.29 is 29.1 Å². The molecule has 0 aromatic carbocycles. The molecule has 0 aromatic rings. The number of nitrogens with zero attached hydrogens (tertiary/aromatic N) is 1. The van der Waals surface area contributed by atoms with Crippen molar-refractivity contribution in [2.24, 2.45) is 5.92 Å². The highest BCUT2D eigenvalue weighted by atomic mass is 31.2. The lowest BCUT2D eigenvalue weighted by Gasteiger charge is -2.21. The summed E-state index contributed by atoms with van der Waals surface area (Å²) in [5.74, 6) is -0.931. The molecule has 1 fully saturated rings. The maximum atomic E-state index is 12.2. The smallest absolute Gasteiger partial charge is 0.387 e. The second-order valence-electron chi connectivity index (χ2n) is 7.66. The van der Waals surface area contributed by atoms with Crippen molar-refractivity contribution in [3.8, 4) is 0 Å². The van der Waals surface area contributed by atoms with E-state index in [1.807, 2.05) is 6.92 Å². The number of hydrogen-bond acceptors (Lipinski definition) is 6. The lowest BCUT2D eigenvalue weighted by molar-refractivity contribution is -0.536. The minimum atomic E-state index is -1.29. The maximum absolute atomic E-state index is 12.2. The minimum Gasteiger partial charge on any atom is -0.387 e. The van der Waals surface area contributed by atoms with E-state index < -0.39 is 43.4 Å². The summed E-state index contributed by atoms with van der Waals surface area (Å²) in [6.07, 6.45) is 4.03. The maximum Gasteiger partial charge on any atom is 0.500 e. The Morgan fingerprint density at radius 3 is 2.65 bits per heavy atom. The number of aliphatic hydroxyl groups excluding tert-OH is 2. The Hall–Kier alpha value is -1.05. The van der Waals surface area contributed by atoms with Crippen LogP contribution in [-0.4, -0.2) is 96.4 Å². The van der Waals surface area contributed by atoms with Crippen LogP contribution in [0.15, 0.2) is 0 Å². The van der Waals surface area contributed by atoms with Crippen molar-refractivity contribution in [1.82, 2.24) is 10.6 Å². The zero-order chi connectivity index (χ0) is 19.5. The summed E-state index contributed by atoms with van der Waals surface area (Å²) in [5, 5.41) is 26.1. The predicted octanol–water partition coefficient (Wildman–Crippen LogP) is -0.519. The third kappa shape index (κ3) is 5.24. The number of hydrogen-bond donors (Lipinski definition) is 4. The molecule has 3 amide bonds. The van der Waals surface area contributed by atoms with E-state index in [0.717, 1.165) is 19.1 Å². The Labute approximate surface area is 154 Å². The average Bonchev–Trinajstić information content (AvgIpc) is 2.83. The molecular weight excluding hydrogens is 357 g/mol. The van der Waals surface area contributed by atoms with Gasteiger partial charge in [-0.05, 0) is 38.9 Å². The molecule has 0 aliphatic carbocycles. The van der Waals surface area contributed by atoms with Gasteiger partial charge in [0.05, 0.1) is 12.3 Å². The summed E-state index contributed by atoms with van der Waals surface area (Å²) in [6.45, 7) is 6.06. The van der Waals surface area contributed by atoms with Crippen molar-refractivity contribution in [2.45, 2.75) is 44.3 Å². The van der Waals surface area contributed by atoms with E-state index in [9.17, 15) is 19.8 Å². The number of ether oxygens (including phenoxy) is 1. The molecule has 2 heterocycles. The molecule has 9 heteroatoms. The van der Waals surface area contributed by atoms with Crippen molar-refractivity contribution in [2.75, 3.05) is 32.6 Å². The zero-order valence-corrected chi connectivity index (χ0v) is 16.6. The van der Waals surface area contributed by atoms with Gasteiger partial charge in [-0.25, -0.2) is 4.79 Å². The lowest BCUT2D eigenvalue weighted by atomic mass is 10.1. The molecule has 26 heavy (non-hydrogen) atoms. The Kier molecular flexibility index (Phi) is 7.16. The first kappa shape index (κ1) is 21.3. The molecule has 4 N–H and O–H groups in total. The van der Waals surface area contributed by atoms with E-state index in [0.29, 0.717) is 13.0 Å². The second-order valence-corrected chi connectivity index (χ2v) is 12.0.